The van der Waals surface area contributed by atoms with Crippen molar-refractivity contribution < 1.29 is 26.3 Å². The largest absolute Gasteiger partial charge is 0.417 e. The van der Waals surface area contributed by atoms with Crippen LogP contribution in [-0.4, -0.2) is 6.18 Å². The minimum absolute atomic E-state index is 0.0894. The molecule has 0 aliphatic carbocycles. The summed E-state index contributed by atoms with van der Waals surface area (Å²) in [6.07, 6.45) is -9.40. The monoisotopic (exact) mass is 392 g/mol. The predicted molar refractivity (Wildman–Crippen MR) is 96.3 cm³/mol. The quantitative estimate of drug-likeness (QED) is 0.326. The Morgan fingerprint density at radius 3 is 1.29 bits per heavy atom. The predicted octanol–water partition coefficient (Wildman–Crippen LogP) is 7.23. The van der Waals surface area contributed by atoms with Gasteiger partial charge in [0.15, 0.2) is 0 Å². The molecule has 3 aromatic carbocycles. The fourth-order valence-electron chi connectivity index (χ4n) is 2.94. The Morgan fingerprint density at radius 2 is 0.929 bits per heavy atom. The Bertz CT molecular complexity index is 908. The molecule has 28 heavy (non-hydrogen) atoms. The van der Waals surface area contributed by atoms with Crippen LogP contribution in [0.2, 0.25) is 0 Å². The minimum Gasteiger partial charge on any atom is -0.166 e. The first kappa shape index (κ1) is 19.7. The summed E-state index contributed by atoms with van der Waals surface area (Å²) in [4.78, 5) is 0. The molecule has 0 radical (unpaired) electrons. The van der Waals surface area contributed by atoms with Crippen molar-refractivity contribution in [2.45, 2.75) is 12.4 Å². The second-order valence-corrected chi connectivity index (χ2v) is 6.05. The zero-order valence-corrected chi connectivity index (χ0v) is 14.4. The summed E-state index contributed by atoms with van der Waals surface area (Å²) in [6.45, 7) is 0. The van der Waals surface area contributed by atoms with Crippen LogP contribution < -0.4 is 0 Å². The Labute approximate surface area is 157 Å². The van der Waals surface area contributed by atoms with E-state index in [1.807, 2.05) is 0 Å². The average molecular weight is 392 g/mol. The Kier molecular flexibility index (Phi) is 5.31. The maximum Gasteiger partial charge on any atom is 0.417 e. The standard InChI is InChI=1S/C22H14F6/c23-21(24,25)18-13-11-17(12-14-18)20(22(26,27)28)19(15-7-3-1-4-8-15)16-9-5-2-6-10-16/h1-14H. The SMILES string of the molecule is FC(F)(F)C(=C(c1ccccc1)c1ccccc1)c1ccc(C(F)(F)F)cc1. The lowest BCUT2D eigenvalue weighted by molar-refractivity contribution is -0.137. The van der Waals surface area contributed by atoms with E-state index in [1.54, 1.807) is 36.4 Å². The molecule has 0 heterocycles. The number of alkyl halides is 6. The Morgan fingerprint density at radius 1 is 0.500 bits per heavy atom. The van der Waals surface area contributed by atoms with Gasteiger partial charge in [0.25, 0.3) is 0 Å². The highest BCUT2D eigenvalue weighted by Gasteiger charge is 2.38. The lowest BCUT2D eigenvalue weighted by Gasteiger charge is -2.20. The van der Waals surface area contributed by atoms with E-state index in [4.69, 9.17) is 0 Å². The summed E-state index contributed by atoms with van der Waals surface area (Å²) >= 11 is 0. The highest BCUT2D eigenvalue weighted by Crippen LogP contribution is 2.43. The lowest BCUT2D eigenvalue weighted by atomic mass is 9.89. The van der Waals surface area contributed by atoms with Crippen molar-refractivity contribution in [2.24, 2.45) is 0 Å². The van der Waals surface area contributed by atoms with Crippen LogP contribution in [0.1, 0.15) is 22.3 Å². The first-order valence-electron chi connectivity index (χ1n) is 8.28. The van der Waals surface area contributed by atoms with E-state index in [9.17, 15) is 26.3 Å². The first-order valence-corrected chi connectivity index (χ1v) is 8.28. The van der Waals surface area contributed by atoms with Crippen LogP contribution in [0.5, 0.6) is 0 Å². The molecule has 0 aliphatic rings. The zero-order chi connectivity index (χ0) is 20.4. The summed E-state index contributed by atoms with van der Waals surface area (Å²) in [5.41, 5.74) is -1.77. The fraction of sp³-hybridized carbons (Fsp3) is 0.0909. The van der Waals surface area contributed by atoms with Crippen molar-refractivity contribution in [3.8, 4) is 0 Å². The molecule has 0 spiro atoms. The van der Waals surface area contributed by atoms with Crippen LogP contribution in [0.15, 0.2) is 84.9 Å². The highest BCUT2D eigenvalue weighted by atomic mass is 19.4. The van der Waals surface area contributed by atoms with Crippen molar-refractivity contribution in [1.29, 1.82) is 0 Å². The van der Waals surface area contributed by atoms with Gasteiger partial charge >= 0.3 is 12.4 Å². The first-order chi connectivity index (χ1) is 13.2. The molecule has 144 valence electrons. The number of allylic oxidation sites excluding steroid dienone is 1. The molecule has 6 heteroatoms. The highest BCUT2D eigenvalue weighted by molar-refractivity contribution is 6.00. The van der Waals surface area contributed by atoms with Crippen LogP contribution >= 0.6 is 0 Å². The van der Waals surface area contributed by atoms with Gasteiger partial charge in [-0.3, -0.25) is 0 Å². The third kappa shape index (κ3) is 4.27. The molecule has 0 bridgehead atoms. The smallest absolute Gasteiger partial charge is 0.166 e. The molecule has 0 fully saturated rings. The average Bonchev–Trinajstić information content (AvgIpc) is 2.66. The zero-order valence-electron chi connectivity index (χ0n) is 14.4. The molecule has 3 rings (SSSR count). The van der Waals surface area contributed by atoms with Gasteiger partial charge in [-0.2, -0.15) is 26.3 Å². The summed E-state index contributed by atoms with van der Waals surface area (Å²) in [7, 11) is 0. The van der Waals surface area contributed by atoms with Gasteiger partial charge in [0.05, 0.1) is 11.1 Å². The molecule has 3 aromatic rings. The molecule has 0 saturated carbocycles. The van der Waals surface area contributed by atoms with E-state index in [1.165, 1.54) is 24.3 Å². The molecule has 0 N–H and O–H groups in total. The van der Waals surface area contributed by atoms with Crippen molar-refractivity contribution in [3.63, 3.8) is 0 Å². The number of halogens is 6. The maximum absolute atomic E-state index is 14.1. The van der Waals surface area contributed by atoms with Crippen molar-refractivity contribution >= 4 is 11.1 Å². The van der Waals surface area contributed by atoms with Gasteiger partial charge in [-0.15, -0.1) is 0 Å². The van der Waals surface area contributed by atoms with Gasteiger partial charge in [0, 0.05) is 5.57 Å². The number of rotatable bonds is 3. The van der Waals surface area contributed by atoms with Gasteiger partial charge in [0.2, 0.25) is 0 Å². The van der Waals surface area contributed by atoms with Crippen molar-refractivity contribution in [1.82, 2.24) is 0 Å². The third-order valence-electron chi connectivity index (χ3n) is 4.16. The van der Waals surface area contributed by atoms with E-state index in [-0.39, 0.29) is 11.1 Å². The van der Waals surface area contributed by atoms with Crippen LogP contribution in [0.3, 0.4) is 0 Å². The molecular formula is C22H14F6. The molecule has 0 aliphatic heterocycles. The molecule has 0 unspecified atom stereocenters. The van der Waals surface area contributed by atoms with Gasteiger partial charge in [0.1, 0.15) is 0 Å². The normalized spacial score (nSPS) is 11.9. The summed E-state index contributed by atoms with van der Waals surface area (Å²) in [5.74, 6) is 0. The second-order valence-electron chi connectivity index (χ2n) is 6.05. The van der Waals surface area contributed by atoms with Crippen molar-refractivity contribution in [2.75, 3.05) is 0 Å². The second kappa shape index (κ2) is 7.54. The fourth-order valence-corrected chi connectivity index (χ4v) is 2.94. The van der Waals surface area contributed by atoms with E-state index in [0.717, 1.165) is 12.1 Å². The molecule has 0 aromatic heterocycles. The van der Waals surface area contributed by atoms with Crippen LogP contribution in [-0.2, 0) is 6.18 Å². The Balaban J connectivity index is 2.31. The summed E-state index contributed by atoms with van der Waals surface area (Å²) in [6, 6.07) is 19.0. The van der Waals surface area contributed by atoms with E-state index in [2.05, 4.69) is 0 Å². The molecule has 0 amide bonds. The number of hydrogen-bond donors (Lipinski definition) is 0. The van der Waals surface area contributed by atoms with Crippen LogP contribution in [0, 0.1) is 0 Å². The molecule has 0 nitrogen and oxygen atoms in total. The Hall–Kier alpha value is -3.02. The van der Waals surface area contributed by atoms with Crippen molar-refractivity contribution in [3.05, 3.63) is 107 Å². The van der Waals surface area contributed by atoms with E-state index >= 15 is 0 Å². The van der Waals surface area contributed by atoms with Gasteiger partial charge in [-0.1, -0.05) is 72.8 Å². The molecular weight excluding hydrogens is 378 g/mol. The van der Waals surface area contributed by atoms with Gasteiger partial charge < -0.3 is 0 Å². The maximum atomic E-state index is 14.1. The van der Waals surface area contributed by atoms with Gasteiger partial charge in [-0.05, 0) is 28.8 Å². The minimum atomic E-state index is -4.78. The molecule has 0 saturated heterocycles. The summed E-state index contributed by atoms with van der Waals surface area (Å²) in [5, 5.41) is 0. The lowest BCUT2D eigenvalue weighted by Crippen LogP contribution is -2.14. The topological polar surface area (TPSA) is 0 Å². The third-order valence-corrected chi connectivity index (χ3v) is 4.16. The molecule has 0 atom stereocenters. The van der Waals surface area contributed by atoms with E-state index in [0.29, 0.717) is 23.3 Å². The summed E-state index contributed by atoms with van der Waals surface area (Å²) < 4.78 is 80.7. The van der Waals surface area contributed by atoms with Gasteiger partial charge in [-0.25, -0.2) is 0 Å². The number of hydrogen-bond acceptors (Lipinski definition) is 0. The number of benzene rings is 3. The van der Waals surface area contributed by atoms with Crippen LogP contribution in [0.25, 0.3) is 11.1 Å². The van der Waals surface area contributed by atoms with E-state index < -0.39 is 23.5 Å². The van der Waals surface area contributed by atoms with Crippen LogP contribution in [0.4, 0.5) is 26.3 Å².